The molecule has 1 unspecified atom stereocenters. The van der Waals surface area contributed by atoms with Crippen molar-refractivity contribution in [3.8, 4) is 16.9 Å². The summed E-state index contributed by atoms with van der Waals surface area (Å²) in [5.74, 6) is 0.442. The molecule has 0 saturated carbocycles. The molecule has 0 aromatic heterocycles. The van der Waals surface area contributed by atoms with Crippen molar-refractivity contribution in [1.29, 1.82) is 0 Å². The van der Waals surface area contributed by atoms with Crippen molar-refractivity contribution in [1.82, 2.24) is 4.72 Å². The van der Waals surface area contributed by atoms with Gasteiger partial charge in [0.15, 0.2) is 11.0 Å². The standard InChI is InChI=1S/C25H21NO3S/c1-16-4-2-5-18(14-16)20-6-3-7-22-21(20)12-13-23(22)29-19-10-8-17(9-11-19)24-15-25(27)26-30(24)28/h2-11,14-15,23H,12-13H2,1H3,(H,26,27)/t23-,30?/m1/s1. The van der Waals surface area contributed by atoms with Gasteiger partial charge in [-0.15, -0.1) is 0 Å². The van der Waals surface area contributed by atoms with Gasteiger partial charge in [-0.2, -0.15) is 0 Å². The Morgan fingerprint density at radius 2 is 1.80 bits per heavy atom. The molecule has 30 heavy (non-hydrogen) atoms. The second-order valence-electron chi connectivity index (χ2n) is 7.66. The van der Waals surface area contributed by atoms with Crippen LogP contribution in [0.4, 0.5) is 0 Å². The van der Waals surface area contributed by atoms with Crippen LogP contribution in [0.2, 0.25) is 0 Å². The molecule has 0 radical (unpaired) electrons. The molecule has 0 saturated heterocycles. The predicted octanol–water partition coefficient (Wildman–Crippen LogP) is 4.86. The van der Waals surface area contributed by atoms with Crippen LogP contribution in [0.15, 0.2) is 72.8 Å². The highest BCUT2D eigenvalue weighted by atomic mass is 32.2. The predicted molar refractivity (Wildman–Crippen MR) is 119 cm³/mol. The Kier molecular flexibility index (Phi) is 4.75. The number of amides is 1. The molecule has 3 aromatic rings. The van der Waals surface area contributed by atoms with E-state index >= 15 is 0 Å². The maximum atomic E-state index is 11.9. The average Bonchev–Trinajstić information content (AvgIpc) is 3.31. The number of rotatable bonds is 4. The van der Waals surface area contributed by atoms with Crippen LogP contribution in [0, 0.1) is 6.92 Å². The van der Waals surface area contributed by atoms with E-state index in [0.717, 1.165) is 24.2 Å². The molecule has 1 aliphatic carbocycles. The van der Waals surface area contributed by atoms with Crippen molar-refractivity contribution >= 4 is 21.8 Å². The van der Waals surface area contributed by atoms with Gasteiger partial charge >= 0.3 is 0 Å². The van der Waals surface area contributed by atoms with Crippen LogP contribution >= 0.6 is 0 Å². The first-order valence-corrected chi connectivity index (χ1v) is 11.1. The smallest absolute Gasteiger partial charge is 0.257 e. The molecule has 0 spiro atoms. The van der Waals surface area contributed by atoms with E-state index in [1.54, 1.807) is 0 Å². The summed E-state index contributed by atoms with van der Waals surface area (Å²) in [6.07, 6.45) is 3.32. The Labute approximate surface area is 178 Å². The van der Waals surface area contributed by atoms with E-state index in [1.165, 1.54) is 33.9 Å². The zero-order chi connectivity index (χ0) is 20.7. The van der Waals surface area contributed by atoms with Crippen LogP contribution in [-0.2, 0) is 22.2 Å². The van der Waals surface area contributed by atoms with Gasteiger partial charge < -0.3 is 4.74 Å². The van der Waals surface area contributed by atoms with Crippen LogP contribution in [0.25, 0.3) is 16.0 Å². The normalized spacial score (nSPS) is 19.9. The highest BCUT2D eigenvalue weighted by Crippen LogP contribution is 2.40. The van der Waals surface area contributed by atoms with Crippen molar-refractivity contribution in [2.75, 3.05) is 0 Å². The molecule has 150 valence electrons. The fraction of sp³-hybridized carbons (Fsp3) is 0.160. The van der Waals surface area contributed by atoms with E-state index in [2.05, 4.69) is 54.1 Å². The van der Waals surface area contributed by atoms with Gasteiger partial charge in [-0.25, -0.2) is 4.21 Å². The summed E-state index contributed by atoms with van der Waals surface area (Å²) in [5.41, 5.74) is 7.15. The van der Waals surface area contributed by atoms with Crippen LogP contribution in [0.1, 0.15) is 34.8 Å². The van der Waals surface area contributed by atoms with Crippen LogP contribution in [0.3, 0.4) is 0 Å². The Balaban J connectivity index is 1.38. The van der Waals surface area contributed by atoms with Crippen molar-refractivity contribution in [3.05, 3.63) is 95.1 Å². The van der Waals surface area contributed by atoms with Gasteiger partial charge in [0.05, 0.1) is 4.91 Å². The van der Waals surface area contributed by atoms with Crippen LogP contribution in [0.5, 0.6) is 5.75 Å². The first kappa shape index (κ1) is 18.8. The van der Waals surface area contributed by atoms with E-state index in [0.29, 0.717) is 4.91 Å². The fourth-order valence-corrected chi connectivity index (χ4v) is 5.14. The van der Waals surface area contributed by atoms with E-state index in [9.17, 15) is 9.00 Å². The molecule has 1 aliphatic heterocycles. The molecule has 3 aromatic carbocycles. The third-order valence-electron chi connectivity index (χ3n) is 5.62. The summed E-state index contributed by atoms with van der Waals surface area (Å²) in [5, 5.41) is 0. The SMILES string of the molecule is Cc1cccc(-c2cccc3c2CC[C@H]3Oc2ccc(C3=CC(=O)NS3=O)cc2)c1. The number of benzene rings is 3. The third kappa shape index (κ3) is 3.46. The molecule has 0 bridgehead atoms. The second-order valence-corrected chi connectivity index (χ2v) is 8.84. The molecular weight excluding hydrogens is 394 g/mol. The molecule has 0 fully saturated rings. The minimum Gasteiger partial charge on any atom is -0.486 e. The first-order chi connectivity index (χ1) is 14.6. The van der Waals surface area contributed by atoms with Gasteiger partial charge in [0, 0.05) is 6.08 Å². The lowest BCUT2D eigenvalue weighted by molar-refractivity contribution is -0.114. The highest BCUT2D eigenvalue weighted by molar-refractivity contribution is 7.93. The number of fused-ring (bicyclic) bond motifs is 1. The number of hydrogen-bond acceptors (Lipinski definition) is 3. The number of hydrogen-bond donors (Lipinski definition) is 1. The Hall–Kier alpha value is -3.18. The Bertz CT molecular complexity index is 1200. The van der Waals surface area contributed by atoms with Gasteiger partial charge in [-0.05, 0) is 59.7 Å². The number of nitrogens with one attached hydrogen (secondary N) is 1. The summed E-state index contributed by atoms with van der Waals surface area (Å²) >= 11 is 0. The lowest BCUT2D eigenvalue weighted by atomic mass is 9.96. The lowest BCUT2D eigenvalue weighted by Crippen LogP contribution is -2.16. The van der Waals surface area contributed by atoms with Gasteiger partial charge in [0.25, 0.3) is 5.91 Å². The lowest BCUT2D eigenvalue weighted by Gasteiger charge is -2.16. The molecule has 1 N–H and O–H groups in total. The van der Waals surface area contributed by atoms with E-state index in [4.69, 9.17) is 4.74 Å². The van der Waals surface area contributed by atoms with Gasteiger partial charge in [0.2, 0.25) is 0 Å². The maximum Gasteiger partial charge on any atom is 0.257 e. The molecule has 1 heterocycles. The Morgan fingerprint density at radius 1 is 1.00 bits per heavy atom. The third-order valence-corrected chi connectivity index (χ3v) is 6.76. The summed E-state index contributed by atoms with van der Waals surface area (Å²) in [7, 11) is -1.48. The number of carbonyl (C=O) groups excluding carboxylic acids is 1. The van der Waals surface area contributed by atoms with Gasteiger partial charge in [-0.1, -0.05) is 60.2 Å². The van der Waals surface area contributed by atoms with Crippen molar-refractivity contribution in [2.45, 2.75) is 25.9 Å². The summed E-state index contributed by atoms with van der Waals surface area (Å²) in [6.45, 7) is 2.12. The van der Waals surface area contributed by atoms with Crippen molar-refractivity contribution in [2.24, 2.45) is 0 Å². The summed E-state index contributed by atoms with van der Waals surface area (Å²) in [4.78, 5) is 11.9. The molecule has 5 heteroatoms. The maximum absolute atomic E-state index is 11.9. The van der Waals surface area contributed by atoms with E-state index in [1.807, 2.05) is 24.3 Å². The minimum absolute atomic E-state index is 0.0127. The molecule has 1 amide bonds. The minimum atomic E-state index is -1.48. The van der Waals surface area contributed by atoms with Gasteiger partial charge in [-0.3, -0.25) is 9.52 Å². The second kappa shape index (κ2) is 7.58. The molecule has 4 nitrogen and oxygen atoms in total. The molecular formula is C25H21NO3S. The number of carbonyl (C=O) groups is 1. The zero-order valence-corrected chi connectivity index (χ0v) is 17.4. The van der Waals surface area contributed by atoms with Gasteiger partial charge in [0.1, 0.15) is 11.9 Å². The molecule has 2 atom stereocenters. The first-order valence-electron chi connectivity index (χ1n) is 9.98. The highest BCUT2D eigenvalue weighted by Gasteiger charge is 2.27. The molecule has 2 aliphatic rings. The van der Waals surface area contributed by atoms with Crippen LogP contribution in [-0.4, -0.2) is 10.1 Å². The summed E-state index contributed by atoms with van der Waals surface area (Å²) in [6, 6.07) is 22.5. The molecule has 5 rings (SSSR count). The monoisotopic (exact) mass is 415 g/mol. The van der Waals surface area contributed by atoms with Crippen molar-refractivity contribution < 1.29 is 13.7 Å². The number of aryl methyl sites for hydroxylation is 1. The van der Waals surface area contributed by atoms with Crippen LogP contribution < -0.4 is 9.46 Å². The van der Waals surface area contributed by atoms with Crippen molar-refractivity contribution in [3.63, 3.8) is 0 Å². The quantitative estimate of drug-likeness (QED) is 0.662. The average molecular weight is 416 g/mol. The largest absolute Gasteiger partial charge is 0.486 e. The zero-order valence-electron chi connectivity index (χ0n) is 16.6. The van der Waals surface area contributed by atoms with E-state index in [-0.39, 0.29) is 12.0 Å². The van der Waals surface area contributed by atoms with E-state index < -0.39 is 11.0 Å². The number of ether oxygens (including phenoxy) is 1. The summed E-state index contributed by atoms with van der Waals surface area (Å²) < 4.78 is 20.6. The topological polar surface area (TPSA) is 55.4 Å². The fourth-order valence-electron chi connectivity index (χ4n) is 4.22. The Morgan fingerprint density at radius 3 is 2.53 bits per heavy atom.